The molecule has 1 aliphatic rings. The van der Waals surface area contributed by atoms with E-state index in [1.54, 1.807) is 6.92 Å². The van der Waals surface area contributed by atoms with Gasteiger partial charge in [0.2, 0.25) is 6.29 Å². The van der Waals surface area contributed by atoms with Crippen molar-refractivity contribution >= 4 is 38.1 Å². The van der Waals surface area contributed by atoms with Crippen LogP contribution in [0.15, 0.2) is 0 Å². The van der Waals surface area contributed by atoms with E-state index in [-0.39, 0.29) is 6.61 Å². The Hall–Kier alpha value is -1.81. The van der Waals surface area contributed by atoms with Crippen molar-refractivity contribution in [1.82, 2.24) is 0 Å². The molecule has 0 spiro atoms. The van der Waals surface area contributed by atoms with Crippen LogP contribution in [0.4, 0.5) is 0 Å². The molecule has 1 rings (SSSR count). The van der Waals surface area contributed by atoms with Crippen molar-refractivity contribution in [3.05, 3.63) is 0 Å². The van der Waals surface area contributed by atoms with Gasteiger partial charge in [-0.15, -0.1) is 0 Å². The summed E-state index contributed by atoms with van der Waals surface area (Å²) >= 11 is 0. The predicted octanol–water partition coefficient (Wildman–Crippen LogP) is -0.902. The molecule has 1 saturated heterocycles. The third-order valence-corrected chi connectivity index (χ3v) is 5.09. The smallest absolute Gasteiger partial charge is 0.306 e. The van der Waals surface area contributed by atoms with Gasteiger partial charge in [-0.25, -0.2) is 0 Å². The molecule has 0 saturated carbocycles. The summed E-state index contributed by atoms with van der Waals surface area (Å²) in [6.45, 7) is 1.97. The van der Waals surface area contributed by atoms with Crippen molar-refractivity contribution < 1.29 is 58.5 Å². The molecule has 1 fully saturated rings. The van der Waals surface area contributed by atoms with Crippen molar-refractivity contribution in [2.75, 3.05) is 32.3 Å². The van der Waals surface area contributed by atoms with Crippen molar-refractivity contribution in [2.24, 2.45) is 5.92 Å². The lowest BCUT2D eigenvalue weighted by molar-refractivity contribution is -0.210. The second-order valence-electron chi connectivity index (χ2n) is 6.78. The van der Waals surface area contributed by atoms with Gasteiger partial charge in [-0.2, -0.15) is 16.8 Å². The largest absolute Gasteiger partial charge is 0.466 e. The van der Waals surface area contributed by atoms with E-state index in [2.05, 4.69) is 0 Å². The molecule has 1 aliphatic heterocycles. The second kappa shape index (κ2) is 10.7. The molecular formula is C16H26O13S2. The molecule has 13 nitrogen and oxygen atoms in total. The molecule has 0 aromatic carbocycles. The molecule has 0 aromatic heterocycles. The Kier molecular flexibility index (Phi) is 9.37. The van der Waals surface area contributed by atoms with Crippen LogP contribution in [0.25, 0.3) is 0 Å². The Labute approximate surface area is 180 Å². The molecule has 31 heavy (non-hydrogen) atoms. The molecule has 15 heteroatoms. The van der Waals surface area contributed by atoms with Gasteiger partial charge in [0.1, 0.15) is 5.60 Å². The Balaban J connectivity index is 3.51. The van der Waals surface area contributed by atoms with Crippen LogP contribution >= 0.6 is 0 Å². The summed E-state index contributed by atoms with van der Waals surface area (Å²) in [5.74, 6) is -3.73. The summed E-state index contributed by atoms with van der Waals surface area (Å²) in [4.78, 5) is 35.4. The fourth-order valence-electron chi connectivity index (χ4n) is 2.90. The molecule has 0 N–H and O–H groups in total. The van der Waals surface area contributed by atoms with Crippen LogP contribution in [0.3, 0.4) is 0 Å². The van der Waals surface area contributed by atoms with Gasteiger partial charge in [-0.3, -0.25) is 22.7 Å². The summed E-state index contributed by atoms with van der Waals surface area (Å²) in [7, 11) is -8.13. The van der Waals surface area contributed by atoms with Gasteiger partial charge in [-0.1, -0.05) is 0 Å². The van der Waals surface area contributed by atoms with E-state index in [4.69, 9.17) is 27.3 Å². The third kappa shape index (κ3) is 9.06. The highest BCUT2D eigenvalue weighted by Gasteiger charge is 2.60. The number of carbonyl (C=O) groups excluding carboxylic acids is 3. The van der Waals surface area contributed by atoms with Crippen LogP contribution in [0, 0.1) is 5.92 Å². The minimum Gasteiger partial charge on any atom is -0.466 e. The zero-order chi connectivity index (χ0) is 24.0. The molecule has 0 aromatic rings. The predicted molar refractivity (Wildman–Crippen MR) is 101 cm³/mol. The highest BCUT2D eigenvalue weighted by atomic mass is 32.2. The SMILES string of the molecule is CCOC(=O)C[C@H]1[C@@H](OC(C)=O)C(OC(C)=O)OC1(COS(C)(=O)=O)COS(C)(=O)=O. The molecule has 0 bridgehead atoms. The van der Waals surface area contributed by atoms with E-state index in [0.29, 0.717) is 0 Å². The van der Waals surface area contributed by atoms with Crippen molar-refractivity contribution in [1.29, 1.82) is 0 Å². The van der Waals surface area contributed by atoms with Crippen molar-refractivity contribution in [3.8, 4) is 0 Å². The van der Waals surface area contributed by atoms with Gasteiger partial charge in [0, 0.05) is 19.8 Å². The molecule has 180 valence electrons. The van der Waals surface area contributed by atoms with Crippen LogP contribution in [0.2, 0.25) is 0 Å². The van der Waals surface area contributed by atoms with Gasteiger partial charge >= 0.3 is 17.9 Å². The number of carbonyl (C=O) groups is 3. The number of esters is 3. The summed E-state index contributed by atoms with van der Waals surface area (Å²) in [5.41, 5.74) is -1.99. The molecule has 0 amide bonds. The average molecular weight is 491 g/mol. The highest BCUT2D eigenvalue weighted by Crippen LogP contribution is 2.42. The van der Waals surface area contributed by atoms with E-state index in [1.807, 2.05) is 0 Å². The van der Waals surface area contributed by atoms with Crippen LogP contribution in [-0.2, 0) is 61.9 Å². The van der Waals surface area contributed by atoms with Crippen LogP contribution in [-0.4, -0.2) is 85.1 Å². The van der Waals surface area contributed by atoms with Crippen molar-refractivity contribution in [3.63, 3.8) is 0 Å². The number of hydrogen-bond donors (Lipinski definition) is 0. The van der Waals surface area contributed by atoms with Crippen LogP contribution < -0.4 is 0 Å². The monoisotopic (exact) mass is 490 g/mol. The lowest BCUT2D eigenvalue weighted by Gasteiger charge is -2.32. The number of ether oxygens (including phenoxy) is 4. The first-order chi connectivity index (χ1) is 14.1. The van der Waals surface area contributed by atoms with Gasteiger partial charge < -0.3 is 18.9 Å². The van der Waals surface area contributed by atoms with Crippen LogP contribution in [0.1, 0.15) is 27.2 Å². The first kappa shape index (κ1) is 27.2. The maximum atomic E-state index is 12.2. The normalized spacial score (nSPS) is 23.2. The zero-order valence-corrected chi connectivity index (χ0v) is 19.3. The minimum atomic E-state index is -4.06. The molecular weight excluding hydrogens is 464 g/mol. The quantitative estimate of drug-likeness (QED) is 0.198. The second-order valence-corrected chi connectivity index (χ2v) is 10.1. The van der Waals surface area contributed by atoms with Gasteiger partial charge in [-0.05, 0) is 6.92 Å². The fourth-order valence-corrected chi connectivity index (χ4v) is 3.72. The molecule has 0 aliphatic carbocycles. The summed E-state index contributed by atoms with van der Waals surface area (Å²) < 4.78 is 76.7. The summed E-state index contributed by atoms with van der Waals surface area (Å²) in [6, 6.07) is 0. The fraction of sp³-hybridized carbons (Fsp3) is 0.812. The first-order valence-electron chi connectivity index (χ1n) is 8.95. The first-order valence-corrected chi connectivity index (χ1v) is 12.6. The minimum absolute atomic E-state index is 0.00466. The van der Waals surface area contributed by atoms with E-state index < -0.39 is 81.7 Å². The summed E-state index contributed by atoms with van der Waals surface area (Å²) in [6.07, 6.45) is -2.07. The topological polar surface area (TPSA) is 175 Å². The standard InChI is InChI=1S/C16H26O13S2/c1-6-24-13(19)7-12-14(27-10(2)17)15(28-11(3)18)29-16(12,8-25-30(4,20)21)9-26-31(5,22)23/h12,14-15H,6-9H2,1-5H3/t12-,14+,15?/m0/s1. The van der Waals surface area contributed by atoms with Crippen molar-refractivity contribution in [2.45, 2.75) is 45.2 Å². The maximum absolute atomic E-state index is 12.2. The number of hydrogen-bond acceptors (Lipinski definition) is 13. The van der Waals surface area contributed by atoms with E-state index in [1.165, 1.54) is 0 Å². The molecule has 3 atom stereocenters. The Morgan fingerprint density at radius 2 is 1.39 bits per heavy atom. The van der Waals surface area contributed by atoms with E-state index in [9.17, 15) is 31.2 Å². The average Bonchev–Trinajstić information content (AvgIpc) is 2.83. The lowest BCUT2D eigenvalue weighted by Crippen LogP contribution is -2.49. The van der Waals surface area contributed by atoms with Gasteiger partial charge in [0.25, 0.3) is 20.2 Å². The molecule has 1 unspecified atom stereocenters. The number of rotatable bonds is 11. The third-order valence-electron chi connectivity index (χ3n) is 4.00. The Morgan fingerprint density at radius 1 is 0.903 bits per heavy atom. The maximum Gasteiger partial charge on any atom is 0.306 e. The Morgan fingerprint density at radius 3 is 1.77 bits per heavy atom. The zero-order valence-electron chi connectivity index (χ0n) is 17.7. The molecule has 0 radical (unpaired) electrons. The molecule has 1 heterocycles. The Bertz CT molecular complexity index is 841. The lowest BCUT2D eigenvalue weighted by atomic mass is 9.84. The van der Waals surface area contributed by atoms with E-state index >= 15 is 0 Å². The van der Waals surface area contributed by atoms with Crippen LogP contribution in [0.5, 0.6) is 0 Å². The van der Waals surface area contributed by atoms with E-state index in [0.717, 1.165) is 26.4 Å². The highest BCUT2D eigenvalue weighted by molar-refractivity contribution is 7.86. The van der Waals surface area contributed by atoms with Gasteiger partial charge in [0.05, 0.1) is 38.8 Å². The van der Waals surface area contributed by atoms with Gasteiger partial charge in [0.15, 0.2) is 6.10 Å². The summed E-state index contributed by atoms with van der Waals surface area (Å²) in [5, 5.41) is 0.